The number of imidazole rings is 1. The number of thioether (sulfide) groups is 1. The van der Waals surface area contributed by atoms with Crippen LogP contribution in [0.15, 0.2) is 37.0 Å². The summed E-state index contributed by atoms with van der Waals surface area (Å²) in [4.78, 5) is 88.3. The van der Waals surface area contributed by atoms with Crippen LogP contribution in [-0.4, -0.2) is 135 Å². The van der Waals surface area contributed by atoms with Gasteiger partial charge < -0.3 is 62.4 Å². The lowest BCUT2D eigenvalue weighted by Crippen LogP contribution is -2.46. The van der Waals surface area contributed by atoms with Gasteiger partial charge in [0.15, 0.2) is 17.7 Å². The highest BCUT2D eigenvalue weighted by Gasteiger charge is 2.50. The van der Waals surface area contributed by atoms with Crippen LogP contribution in [0.2, 0.25) is 0 Å². The van der Waals surface area contributed by atoms with Crippen molar-refractivity contribution in [1.29, 1.82) is 0 Å². The van der Waals surface area contributed by atoms with Gasteiger partial charge in [0.05, 0.1) is 25.6 Å². The lowest BCUT2D eigenvalue weighted by molar-refractivity contribution is -0.137. The molecule has 0 spiro atoms. The summed E-state index contributed by atoms with van der Waals surface area (Å²) in [6.45, 7) is 0.372. The quantitative estimate of drug-likeness (QED) is 0.0356. The fourth-order valence-corrected chi connectivity index (χ4v) is 9.31. The van der Waals surface area contributed by atoms with Crippen LogP contribution in [-0.2, 0) is 50.7 Å². The number of aromatic nitrogens is 4. The molecule has 8 atom stereocenters. The Morgan fingerprint density at radius 2 is 1.69 bits per heavy atom. The number of hydrogen-bond donors (Lipinski definition) is 11. The number of fused-ring (bicyclic) bond motifs is 1. The van der Waals surface area contributed by atoms with Crippen LogP contribution in [0.5, 0.6) is 0 Å². The lowest BCUT2D eigenvalue weighted by Gasteiger charge is -2.30. The molecule has 1 aliphatic heterocycles. The number of nitrogens with two attached hydrogens (primary N) is 3. The number of phosphoric ester groups is 3. The molecule has 0 radical (unpaired) electrons. The molecular formula is C31H50N9O17P3S. The Bertz CT molecular complexity index is 2060. The summed E-state index contributed by atoms with van der Waals surface area (Å²) in [6, 6.07) is -0.786. The second kappa shape index (κ2) is 21.6. The summed E-state index contributed by atoms with van der Waals surface area (Å²) < 4.78 is 62.2. The third-order valence-corrected chi connectivity index (χ3v) is 13.1. The molecule has 61 heavy (non-hydrogen) atoms. The van der Waals surface area contributed by atoms with Crippen LogP contribution in [0.3, 0.4) is 0 Å². The maximum Gasteiger partial charge on any atom is 0.481 e. The summed E-state index contributed by atoms with van der Waals surface area (Å²) in [7, 11) is -16.4. The summed E-state index contributed by atoms with van der Waals surface area (Å²) in [5.41, 5.74) is 16.0. The number of aliphatic hydroxyl groups excluding tert-OH is 2. The van der Waals surface area contributed by atoms with E-state index in [4.69, 9.17) is 31.0 Å². The average molecular weight is 946 g/mol. The Labute approximate surface area is 352 Å². The number of phosphoric acid groups is 3. The van der Waals surface area contributed by atoms with Crippen LogP contribution in [0.4, 0.5) is 5.82 Å². The highest BCUT2D eigenvalue weighted by Crippen LogP contribution is 2.61. The molecule has 0 aromatic carbocycles. The molecule has 2 aromatic heterocycles. The Hall–Kier alpha value is -3.04. The average Bonchev–Trinajstić information content (AvgIpc) is 3.74. The first kappa shape index (κ1) is 50.6. The van der Waals surface area contributed by atoms with E-state index in [0.29, 0.717) is 12.8 Å². The Morgan fingerprint density at radius 3 is 2.36 bits per heavy atom. The van der Waals surface area contributed by atoms with E-state index >= 15 is 0 Å². The molecule has 3 heterocycles. The van der Waals surface area contributed by atoms with Crippen molar-refractivity contribution in [1.82, 2.24) is 30.2 Å². The zero-order chi connectivity index (χ0) is 45.3. The molecule has 1 aliphatic carbocycles. The van der Waals surface area contributed by atoms with E-state index in [1.807, 2.05) is 24.3 Å². The first-order valence-electron chi connectivity index (χ1n) is 18.3. The van der Waals surface area contributed by atoms with Crippen LogP contribution >= 0.6 is 35.2 Å². The molecule has 2 amide bonds. The van der Waals surface area contributed by atoms with Gasteiger partial charge in [-0.15, -0.1) is 0 Å². The van der Waals surface area contributed by atoms with Gasteiger partial charge in [-0.05, 0) is 18.8 Å². The summed E-state index contributed by atoms with van der Waals surface area (Å²) in [5.74, 6) is -1.09. The van der Waals surface area contributed by atoms with Crippen molar-refractivity contribution in [2.45, 2.75) is 75.8 Å². The zero-order valence-electron chi connectivity index (χ0n) is 32.7. The van der Waals surface area contributed by atoms with Gasteiger partial charge in [0.1, 0.15) is 36.3 Å². The number of aliphatic hydroxyl groups is 2. The van der Waals surface area contributed by atoms with Crippen molar-refractivity contribution in [2.24, 2.45) is 22.8 Å². The van der Waals surface area contributed by atoms with Gasteiger partial charge in [-0.1, -0.05) is 49.9 Å². The normalized spacial score (nSPS) is 24.8. The predicted molar refractivity (Wildman–Crippen MR) is 214 cm³/mol. The molecule has 342 valence electrons. The Balaban J connectivity index is 1.18. The molecule has 2 aliphatic rings. The van der Waals surface area contributed by atoms with Gasteiger partial charge in [0.25, 0.3) is 0 Å². The molecule has 0 bridgehead atoms. The number of carbonyl (C=O) groups excluding carboxylic acids is 3. The topological polar surface area (TPSA) is 416 Å². The van der Waals surface area contributed by atoms with Crippen molar-refractivity contribution in [2.75, 3.05) is 37.8 Å². The first-order chi connectivity index (χ1) is 28.4. The third-order valence-electron chi connectivity index (χ3n) is 9.02. The Kier molecular flexibility index (Phi) is 17.9. The van der Waals surface area contributed by atoms with E-state index in [9.17, 15) is 57.9 Å². The van der Waals surface area contributed by atoms with Crippen LogP contribution < -0.4 is 27.8 Å². The van der Waals surface area contributed by atoms with Crippen LogP contribution in [0.25, 0.3) is 11.2 Å². The first-order valence-corrected chi connectivity index (χ1v) is 23.8. The summed E-state index contributed by atoms with van der Waals surface area (Å²) in [5, 5.41) is 26.2. The van der Waals surface area contributed by atoms with Crippen molar-refractivity contribution in [3.63, 3.8) is 0 Å². The van der Waals surface area contributed by atoms with E-state index in [-0.39, 0.29) is 59.3 Å². The number of ether oxygens (including phenoxy) is 1. The second-order valence-electron chi connectivity index (χ2n) is 14.4. The molecule has 0 saturated carbocycles. The van der Waals surface area contributed by atoms with E-state index in [1.165, 1.54) is 13.8 Å². The van der Waals surface area contributed by atoms with Crippen molar-refractivity contribution in [3.8, 4) is 0 Å². The fraction of sp³-hybridized carbons (Fsp3) is 0.613. The minimum atomic E-state index is -5.58. The van der Waals surface area contributed by atoms with Gasteiger partial charge in [-0.25, -0.2) is 28.6 Å². The second-order valence-corrected chi connectivity index (χ2v) is 19.8. The monoisotopic (exact) mass is 945 g/mol. The highest BCUT2D eigenvalue weighted by atomic mass is 32.2. The number of amides is 2. The summed E-state index contributed by atoms with van der Waals surface area (Å²) >= 11 is 0.984. The number of anilines is 1. The molecular weight excluding hydrogens is 895 g/mol. The number of rotatable bonds is 23. The molecule has 26 nitrogen and oxygen atoms in total. The van der Waals surface area contributed by atoms with Gasteiger partial charge in [-0.2, -0.15) is 4.31 Å². The molecule has 8 unspecified atom stereocenters. The van der Waals surface area contributed by atoms with Crippen molar-refractivity contribution >= 4 is 69.1 Å². The SMILES string of the molecule is CC(C)(COP(=O)(O)OP(=O)(O)OCC1OC(n2cnc3c(N)ncnc32)C(O)C1OP(=O)(O)O)C(O)C(=O)NCCC(=O)NCCSC(=O)C(N)CCC1C=CC(N)C=C1. The maximum atomic E-state index is 12.7. The van der Waals surface area contributed by atoms with Gasteiger partial charge in [-0.3, -0.25) is 32.5 Å². The number of allylic oxidation sites excluding steroid dienone is 2. The third kappa shape index (κ3) is 15.3. The van der Waals surface area contributed by atoms with Crippen molar-refractivity contribution < 1.29 is 80.5 Å². The van der Waals surface area contributed by atoms with Crippen LogP contribution in [0, 0.1) is 11.3 Å². The fourth-order valence-electron chi connectivity index (χ4n) is 5.74. The molecule has 2 aromatic rings. The van der Waals surface area contributed by atoms with Gasteiger partial charge >= 0.3 is 23.5 Å². The van der Waals surface area contributed by atoms with Gasteiger partial charge in [0.2, 0.25) is 16.9 Å². The highest BCUT2D eigenvalue weighted by molar-refractivity contribution is 8.13. The van der Waals surface area contributed by atoms with E-state index in [1.54, 1.807) is 0 Å². The van der Waals surface area contributed by atoms with Crippen molar-refractivity contribution in [3.05, 3.63) is 37.0 Å². The number of carbonyl (C=O) groups is 3. The number of nitrogens with one attached hydrogen (secondary N) is 2. The minimum absolute atomic E-state index is 0.0260. The predicted octanol–water partition coefficient (Wildman–Crippen LogP) is -1.16. The standard InChI is InChI=1S/C31H50N9O17P3S/c1-31(2,25(43)28(44)36-10-9-21(41)35-11-12-61-30(45)19(33)8-5-17-3-6-18(32)7-4-17)14-54-60(51,52)57-59(49,50)53-13-20-24(56-58(46,47)48)23(42)29(55-20)40-16-39-22-26(34)37-15-38-27(22)40/h3-4,6-7,15-20,23-25,29,42-43H,5,8-14,32-33H2,1-2H3,(H,35,41)(H,36,44)(H,49,50)(H,51,52)(H2,34,37,38)(H2,46,47,48). The molecule has 4 rings (SSSR count). The largest absolute Gasteiger partial charge is 0.481 e. The minimum Gasteiger partial charge on any atom is -0.386 e. The molecule has 1 saturated heterocycles. The number of nitrogen functional groups attached to an aromatic ring is 1. The van der Waals surface area contributed by atoms with E-state index in [2.05, 4.69) is 34.4 Å². The maximum absolute atomic E-state index is 12.7. The Morgan fingerprint density at radius 1 is 1.02 bits per heavy atom. The lowest BCUT2D eigenvalue weighted by atomic mass is 9.87. The van der Waals surface area contributed by atoms with Gasteiger partial charge in [0, 0.05) is 36.7 Å². The number of hydrogen-bond acceptors (Lipinski definition) is 20. The molecule has 14 N–H and O–H groups in total. The van der Waals surface area contributed by atoms with E-state index < -0.39 is 90.6 Å². The number of nitrogens with zero attached hydrogens (tertiary/aromatic N) is 4. The van der Waals surface area contributed by atoms with E-state index in [0.717, 1.165) is 29.0 Å². The molecule has 30 heteroatoms. The molecule has 1 fully saturated rings. The zero-order valence-corrected chi connectivity index (χ0v) is 36.2. The smallest absolute Gasteiger partial charge is 0.386 e. The summed E-state index contributed by atoms with van der Waals surface area (Å²) in [6.07, 6.45) is 1.87. The van der Waals surface area contributed by atoms with Crippen LogP contribution in [0.1, 0.15) is 39.3 Å².